The second-order valence-electron chi connectivity index (χ2n) is 7.23. The van der Waals surface area contributed by atoms with E-state index in [4.69, 9.17) is 28.3 Å². The van der Waals surface area contributed by atoms with Gasteiger partial charge in [0.2, 0.25) is 0 Å². The Labute approximate surface area is 182 Å². The van der Waals surface area contributed by atoms with Crippen molar-refractivity contribution in [2.75, 3.05) is 6.54 Å². The van der Waals surface area contributed by atoms with Gasteiger partial charge < -0.3 is 15.5 Å². The van der Waals surface area contributed by atoms with Gasteiger partial charge in [0.15, 0.2) is 5.69 Å². The topological polar surface area (TPSA) is 117 Å². The first kappa shape index (κ1) is 21.6. The monoisotopic (exact) mass is 448 g/mol. The molecule has 0 bridgehead atoms. The summed E-state index contributed by atoms with van der Waals surface area (Å²) in [6.45, 7) is 2.85. The minimum Gasteiger partial charge on any atom is -0.505 e. The number of hydrogen-bond donors (Lipinski definition) is 3. The number of rotatable bonds is 6. The lowest BCUT2D eigenvalue weighted by Crippen LogP contribution is -2.39. The van der Waals surface area contributed by atoms with Crippen molar-refractivity contribution in [1.82, 2.24) is 20.1 Å². The van der Waals surface area contributed by atoms with Gasteiger partial charge >= 0.3 is 5.97 Å². The largest absolute Gasteiger partial charge is 0.505 e. The predicted molar refractivity (Wildman–Crippen MR) is 112 cm³/mol. The van der Waals surface area contributed by atoms with E-state index in [1.165, 1.54) is 26.1 Å². The number of carbonyl (C=O) groups excluding carboxylic acids is 1. The van der Waals surface area contributed by atoms with Crippen LogP contribution in [0.5, 0.6) is 5.75 Å². The number of aromatic nitrogens is 3. The van der Waals surface area contributed by atoms with Crippen molar-refractivity contribution in [2.24, 2.45) is 5.41 Å². The normalized spacial score (nSPS) is 11.3. The molecule has 0 saturated heterocycles. The first-order valence-corrected chi connectivity index (χ1v) is 9.55. The Bertz CT molecular complexity index is 1130. The SMILES string of the molecule is CC(C)(CNC(=O)c1ncc(-c2cnn(-c3ccc(Cl)cc3Cl)c2)cc1O)C(=O)O. The van der Waals surface area contributed by atoms with Crippen molar-refractivity contribution in [3.8, 4) is 22.6 Å². The maximum Gasteiger partial charge on any atom is 0.310 e. The maximum atomic E-state index is 12.3. The quantitative estimate of drug-likeness (QED) is 0.527. The van der Waals surface area contributed by atoms with Gasteiger partial charge in [0.05, 0.1) is 22.3 Å². The summed E-state index contributed by atoms with van der Waals surface area (Å²) in [6.07, 6.45) is 4.68. The van der Waals surface area contributed by atoms with Crippen LogP contribution in [-0.2, 0) is 4.79 Å². The highest BCUT2D eigenvalue weighted by molar-refractivity contribution is 6.35. The molecule has 3 N–H and O–H groups in total. The Balaban J connectivity index is 1.80. The number of carboxylic acids is 1. The number of benzene rings is 1. The molecule has 0 atom stereocenters. The van der Waals surface area contributed by atoms with Gasteiger partial charge in [-0.05, 0) is 38.1 Å². The first-order chi connectivity index (χ1) is 14.1. The number of aromatic hydroxyl groups is 1. The van der Waals surface area contributed by atoms with Crippen LogP contribution in [0.2, 0.25) is 10.0 Å². The van der Waals surface area contributed by atoms with Gasteiger partial charge in [0.1, 0.15) is 5.75 Å². The van der Waals surface area contributed by atoms with E-state index in [-0.39, 0.29) is 18.0 Å². The average Bonchev–Trinajstić information content (AvgIpc) is 3.15. The third kappa shape index (κ3) is 4.55. The molecule has 10 heteroatoms. The van der Waals surface area contributed by atoms with Crippen LogP contribution in [0.15, 0.2) is 42.9 Å². The molecule has 0 aliphatic carbocycles. The second kappa shape index (κ2) is 8.33. The lowest BCUT2D eigenvalue weighted by atomic mass is 9.94. The average molecular weight is 449 g/mol. The molecule has 0 radical (unpaired) electrons. The number of amides is 1. The van der Waals surface area contributed by atoms with E-state index in [1.807, 2.05) is 0 Å². The number of nitrogens with zero attached hydrogens (tertiary/aromatic N) is 3. The molecule has 1 amide bonds. The molecule has 0 spiro atoms. The van der Waals surface area contributed by atoms with Crippen LogP contribution in [0.3, 0.4) is 0 Å². The summed E-state index contributed by atoms with van der Waals surface area (Å²) in [5.41, 5.74) is 0.451. The Morgan fingerprint density at radius 2 is 1.90 bits per heavy atom. The number of hydrogen-bond acceptors (Lipinski definition) is 5. The van der Waals surface area contributed by atoms with E-state index in [2.05, 4.69) is 15.4 Å². The molecule has 0 aliphatic rings. The number of carboxylic acid groups (broad SMARTS) is 1. The molecule has 1 aromatic carbocycles. The summed E-state index contributed by atoms with van der Waals surface area (Å²) in [4.78, 5) is 27.4. The molecule has 0 aliphatic heterocycles. The summed E-state index contributed by atoms with van der Waals surface area (Å²) in [5.74, 6) is -2.06. The third-order valence-electron chi connectivity index (χ3n) is 4.42. The fourth-order valence-electron chi connectivity index (χ4n) is 2.52. The molecule has 0 unspecified atom stereocenters. The van der Waals surface area contributed by atoms with E-state index in [0.717, 1.165) is 0 Å². The molecule has 2 aromatic heterocycles. The van der Waals surface area contributed by atoms with Crippen LogP contribution in [0, 0.1) is 5.41 Å². The van der Waals surface area contributed by atoms with Crippen molar-refractivity contribution in [1.29, 1.82) is 0 Å². The van der Waals surface area contributed by atoms with E-state index in [9.17, 15) is 14.7 Å². The van der Waals surface area contributed by atoms with Crippen molar-refractivity contribution >= 4 is 35.1 Å². The number of pyridine rings is 1. The molecular weight excluding hydrogens is 431 g/mol. The lowest BCUT2D eigenvalue weighted by Gasteiger charge is -2.19. The van der Waals surface area contributed by atoms with Gasteiger partial charge in [-0.25, -0.2) is 9.67 Å². The summed E-state index contributed by atoms with van der Waals surface area (Å²) >= 11 is 12.1. The van der Waals surface area contributed by atoms with Gasteiger partial charge in [-0.15, -0.1) is 0 Å². The second-order valence-corrected chi connectivity index (χ2v) is 8.08. The Morgan fingerprint density at radius 1 is 1.17 bits per heavy atom. The van der Waals surface area contributed by atoms with E-state index in [0.29, 0.717) is 26.9 Å². The van der Waals surface area contributed by atoms with Crippen LogP contribution in [0.25, 0.3) is 16.8 Å². The smallest absolute Gasteiger partial charge is 0.310 e. The molecule has 8 nitrogen and oxygen atoms in total. The van der Waals surface area contributed by atoms with Crippen LogP contribution < -0.4 is 5.32 Å². The Kier molecular flexibility index (Phi) is 6.00. The molecule has 3 rings (SSSR count). The molecule has 3 aromatic rings. The first-order valence-electron chi connectivity index (χ1n) is 8.79. The predicted octanol–water partition coefficient (Wildman–Crippen LogP) is 3.79. The highest BCUT2D eigenvalue weighted by Crippen LogP contribution is 2.28. The summed E-state index contributed by atoms with van der Waals surface area (Å²) < 4.78 is 1.56. The van der Waals surface area contributed by atoms with Gasteiger partial charge in [-0.2, -0.15) is 5.10 Å². The number of aliphatic carboxylic acids is 1. The Hall–Kier alpha value is -3.10. The van der Waals surface area contributed by atoms with Crippen molar-refractivity contribution < 1.29 is 19.8 Å². The summed E-state index contributed by atoms with van der Waals surface area (Å²) in [5, 5.41) is 27.0. The zero-order valence-electron chi connectivity index (χ0n) is 16.1. The van der Waals surface area contributed by atoms with Gasteiger partial charge in [0, 0.05) is 35.1 Å². The molecule has 156 valence electrons. The highest BCUT2D eigenvalue weighted by atomic mass is 35.5. The van der Waals surface area contributed by atoms with Gasteiger partial charge in [-0.1, -0.05) is 23.2 Å². The number of nitrogens with one attached hydrogen (secondary N) is 1. The van der Waals surface area contributed by atoms with Crippen LogP contribution in [-0.4, -0.2) is 43.4 Å². The molecular formula is C20H18Cl2N4O4. The molecule has 0 saturated carbocycles. The van der Waals surface area contributed by atoms with Gasteiger partial charge in [0.25, 0.3) is 5.91 Å². The Morgan fingerprint density at radius 3 is 2.53 bits per heavy atom. The molecule has 30 heavy (non-hydrogen) atoms. The number of halogens is 2. The zero-order chi connectivity index (χ0) is 22.1. The van der Waals surface area contributed by atoms with Crippen molar-refractivity contribution in [2.45, 2.75) is 13.8 Å². The fourth-order valence-corrected chi connectivity index (χ4v) is 3.01. The maximum absolute atomic E-state index is 12.3. The zero-order valence-corrected chi connectivity index (χ0v) is 17.6. The van der Waals surface area contributed by atoms with Crippen LogP contribution >= 0.6 is 23.2 Å². The van der Waals surface area contributed by atoms with E-state index < -0.39 is 17.3 Å². The number of carbonyl (C=O) groups is 2. The van der Waals surface area contributed by atoms with Crippen LogP contribution in [0.1, 0.15) is 24.3 Å². The minimum absolute atomic E-state index is 0.112. The lowest BCUT2D eigenvalue weighted by molar-refractivity contribution is -0.146. The van der Waals surface area contributed by atoms with Crippen LogP contribution in [0.4, 0.5) is 0 Å². The van der Waals surface area contributed by atoms with E-state index in [1.54, 1.807) is 35.3 Å². The van der Waals surface area contributed by atoms with Gasteiger partial charge in [-0.3, -0.25) is 9.59 Å². The van der Waals surface area contributed by atoms with E-state index >= 15 is 0 Å². The third-order valence-corrected chi connectivity index (χ3v) is 4.96. The summed E-state index contributed by atoms with van der Waals surface area (Å²) in [7, 11) is 0. The minimum atomic E-state index is -1.15. The standard InChI is InChI=1S/C20H18Cl2N4O4/c1-20(2,19(29)30)10-24-18(28)17-16(27)5-11(7-23-17)12-8-25-26(9-12)15-4-3-13(21)6-14(15)22/h3-9,27H,10H2,1-2H3,(H,24,28)(H,29,30). The fraction of sp³-hybridized carbons (Fsp3) is 0.200. The van der Waals surface area contributed by atoms with Crippen molar-refractivity contribution in [3.05, 3.63) is 58.6 Å². The summed E-state index contributed by atoms with van der Waals surface area (Å²) in [6, 6.07) is 6.40. The highest BCUT2D eigenvalue weighted by Gasteiger charge is 2.28. The van der Waals surface area contributed by atoms with Crippen molar-refractivity contribution in [3.63, 3.8) is 0 Å². The molecule has 0 fully saturated rings. The molecule has 2 heterocycles.